The lowest BCUT2D eigenvalue weighted by molar-refractivity contribution is -0.129. The summed E-state index contributed by atoms with van der Waals surface area (Å²) < 4.78 is 0. The maximum atomic E-state index is 11.8. The lowest BCUT2D eigenvalue weighted by atomic mass is 10.1. The van der Waals surface area contributed by atoms with E-state index in [2.05, 4.69) is 29.3 Å². The van der Waals surface area contributed by atoms with Crippen molar-refractivity contribution in [2.75, 3.05) is 38.4 Å². The van der Waals surface area contributed by atoms with Crippen molar-refractivity contribution < 1.29 is 4.79 Å². The molecule has 1 atom stereocenters. The zero-order valence-electron chi connectivity index (χ0n) is 12.1. The highest BCUT2D eigenvalue weighted by Gasteiger charge is 2.14. The van der Waals surface area contributed by atoms with Crippen LogP contribution in [0.2, 0.25) is 0 Å². The second kappa shape index (κ2) is 5.76. The van der Waals surface area contributed by atoms with Crippen LogP contribution in [0.25, 0.3) is 0 Å². The van der Waals surface area contributed by atoms with Gasteiger partial charge in [0.25, 0.3) is 0 Å². The number of carbonyl (C=O) groups excluding carboxylic acids is 1. The molecule has 1 aromatic carbocycles. The fraction of sp³-hybridized carbons (Fsp3) is 0.500. The summed E-state index contributed by atoms with van der Waals surface area (Å²) in [4.78, 5) is 15.5. The van der Waals surface area contributed by atoms with Gasteiger partial charge in [-0.15, -0.1) is 0 Å². The van der Waals surface area contributed by atoms with Gasteiger partial charge in [0.15, 0.2) is 0 Å². The Morgan fingerprint density at radius 1 is 1.22 bits per heavy atom. The van der Waals surface area contributed by atoms with Crippen molar-refractivity contribution >= 4 is 17.3 Å². The summed E-state index contributed by atoms with van der Waals surface area (Å²) in [5, 5.41) is 3.23. The van der Waals surface area contributed by atoms with Crippen molar-refractivity contribution in [3.8, 4) is 0 Å². The average Bonchev–Trinajstić information content (AvgIpc) is 2.29. The molecule has 1 aromatic rings. The number of nitrogens with zero attached hydrogens (tertiary/aromatic N) is 2. The Labute approximate surface area is 110 Å². The van der Waals surface area contributed by atoms with Crippen LogP contribution in [0.1, 0.15) is 12.5 Å². The Bertz CT molecular complexity index is 427. The predicted octanol–water partition coefficient (Wildman–Crippen LogP) is 1.95. The quantitative estimate of drug-likeness (QED) is 0.886. The summed E-state index contributed by atoms with van der Waals surface area (Å²) in [5.74, 6) is 0.0713. The molecule has 1 rings (SSSR count). The van der Waals surface area contributed by atoms with E-state index in [1.54, 1.807) is 19.0 Å². The molecule has 0 heterocycles. The number of nitrogens with one attached hydrogen (secondary N) is 1. The van der Waals surface area contributed by atoms with Crippen LogP contribution in [0.5, 0.6) is 0 Å². The molecule has 0 aromatic heterocycles. The van der Waals surface area contributed by atoms with Crippen molar-refractivity contribution in [2.45, 2.75) is 19.9 Å². The lowest BCUT2D eigenvalue weighted by Crippen LogP contribution is -2.36. The van der Waals surface area contributed by atoms with Crippen LogP contribution < -0.4 is 10.2 Å². The maximum absolute atomic E-state index is 11.8. The van der Waals surface area contributed by atoms with Gasteiger partial charge < -0.3 is 15.1 Å². The van der Waals surface area contributed by atoms with Crippen molar-refractivity contribution in [1.29, 1.82) is 0 Å². The zero-order chi connectivity index (χ0) is 13.9. The van der Waals surface area contributed by atoms with Crippen LogP contribution in [0.3, 0.4) is 0 Å². The minimum Gasteiger partial charge on any atom is -0.377 e. The summed E-state index contributed by atoms with van der Waals surface area (Å²) >= 11 is 0. The van der Waals surface area contributed by atoms with Crippen molar-refractivity contribution in [3.05, 3.63) is 23.8 Å². The van der Waals surface area contributed by atoms with E-state index in [4.69, 9.17) is 0 Å². The molecule has 0 aliphatic carbocycles. The minimum atomic E-state index is -0.224. The molecular weight excluding hydrogens is 226 g/mol. The Balaban J connectivity index is 2.86. The Kier molecular flexibility index (Phi) is 4.59. The third-order valence-electron chi connectivity index (χ3n) is 2.89. The number of hydrogen-bond acceptors (Lipinski definition) is 3. The average molecular weight is 249 g/mol. The molecule has 0 aliphatic heterocycles. The van der Waals surface area contributed by atoms with E-state index in [1.807, 2.05) is 27.1 Å². The molecule has 0 saturated heterocycles. The van der Waals surface area contributed by atoms with E-state index in [-0.39, 0.29) is 11.9 Å². The molecule has 0 saturated carbocycles. The third kappa shape index (κ3) is 3.39. The van der Waals surface area contributed by atoms with Gasteiger partial charge in [0.05, 0.1) is 0 Å². The molecule has 0 aliphatic rings. The topological polar surface area (TPSA) is 35.6 Å². The van der Waals surface area contributed by atoms with Crippen LogP contribution in [-0.4, -0.2) is 45.0 Å². The molecule has 0 fully saturated rings. The number of amides is 1. The number of benzene rings is 1. The molecule has 1 unspecified atom stereocenters. The molecule has 0 radical (unpaired) electrons. The summed E-state index contributed by atoms with van der Waals surface area (Å²) in [6.45, 7) is 3.95. The first kappa shape index (κ1) is 14.4. The summed E-state index contributed by atoms with van der Waals surface area (Å²) in [5.41, 5.74) is 3.34. The summed E-state index contributed by atoms with van der Waals surface area (Å²) in [7, 11) is 7.56. The van der Waals surface area contributed by atoms with Gasteiger partial charge >= 0.3 is 0 Å². The number of anilines is 2. The summed E-state index contributed by atoms with van der Waals surface area (Å²) in [6.07, 6.45) is 0. The van der Waals surface area contributed by atoms with E-state index in [1.165, 1.54) is 5.56 Å². The van der Waals surface area contributed by atoms with Gasteiger partial charge in [0.2, 0.25) is 5.91 Å². The first-order valence-corrected chi connectivity index (χ1v) is 6.08. The van der Waals surface area contributed by atoms with Crippen molar-refractivity contribution in [3.63, 3.8) is 0 Å². The number of rotatable bonds is 4. The first-order chi connectivity index (χ1) is 8.32. The highest BCUT2D eigenvalue weighted by Crippen LogP contribution is 2.23. The van der Waals surface area contributed by atoms with Gasteiger partial charge in [-0.1, -0.05) is 6.07 Å². The van der Waals surface area contributed by atoms with Gasteiger partial charge in [0.1, 0.15) is 6.04 Å². The number of carbonyl (C=O) groups is 1. The summed E-state index contributed by atoms with van der Waals surface area (Å²) in [6, 6.07) is 5.90. The fourth-order valence-corrected chi connectivity index (χ4v) is 1.88. The van der Waals surface area contributed by atoms with Crippen LogP contribution in [0.15, 0.2) is 18.2 Å². The second-order valence-corrected chi connectivity index (χ2v) is 4.99. The van der Waals surface area contributed by atoms with E-state index in [0.29, 0.717) is 0 Å². The Hall–Kier alpha value is -1.71. The number of likely N-dealkylation sites (N-methyl/N-ethyl adjacent to an activating group) is 1. The standard InChI is InChI=1S/C14H23N3O/c1-10-7-8-12(9-13(10)16(3)4)15-11(2)14(18)17(5)6/h7-9,11,15H,1-6H3. The fourth-order valence-electron chi connectivity index (χ4n) is 1.88. The molecule has 1 N–H and O–H groups in total. The van der Waals surface area contributed by atoms with E-state index in [9.17, 15) is 4.79 Å². The normalized spacial score (nSPS) is 11.9. The van der Waals surface area contributed by atoms with Crippen molar-refractivity contribution in [1.82, 2.24) is 4.90 Å². The highest BCUT2D eigenvalue weighted by atomic mass is 16.2. The lowest BCUT2D eigenvalue weighted by Gasteiger charge is -2.21. The third-order valence-corrected chi connectivity index (χ3v) is 2.89. The van der Waals surface area contributed by atoms with E-state index in [0.717, 1.165) is 11.4 Å². The molecular formula is C14H23N3O. The predicted molar refractivity (Wildman–Crippen MR) is 77.3 cm³/mol. The molecule has 18 heavy (non-hydrogen) atoms. The van der Waals surface area contributed by atoms with Crippen LogP contribution >= 0.6 is 0 Å². The molecule has 4 nitrogen and oxygen atoms in total. The van der Waals surface area contributed by atoms with Gasteiger partial charge in [-0.3, -0.25) is 4.79 Å². The smallest absolute Gasteiger partial charge is 0.244 e. The Morgan fingerprint density at radius 3 is 2.33 bits per heavy atom. The minimum absolute atomic E-state index is 0.0713. The molecule has 4 heteroatoms. The van der Waals surface area contributed by atoms with Crippen LogP contribution in [-0.2, 0) is 4.79 Å². The molecule has 100 valence electrons. The van der Waals surface area contributed by atoms with Crippen LogP contribution in [0, 0.1) is 6.92 Å². The van der Waals surface area contributed by atoms with Gasteiger partial charge in [-0.25, -0.2) is 0 Å². The van der Waals surface area contributed by atoms with E-state index >= 15 is 0 Å². The largest absolute Gasteiger partial charge is 0.377 e. The van der Waals surface area contributed by atoms with Gasteiger partial charge in [-0.2, -0.15) is 0 Å². The maximum Gasteiger partial charge on any atom is 0.244 e. The van der Waals surface area contributed by atoms with Gasteiger partial charge in [0, 0.05) is 39.6 Å². The number of aryl methyl sites for hydroxylation is 1. The zero-order valence-corrected chi connectivity index (χ0v) is 12.1. The van der Waals surface area contributed by atoms with Crippen molar-refractivity contribution in [2.24, 2.45) is 0 Å². The first-order valence-electron chi connectivity index (χ1n) is 6.08. The molecule has 1 amide bonds. The monoisotopic (exact) mass is 249 g/mol. The van der Waals surface area contributed by atoms with E-state index < -0.39 is 0 Å². The molecule has 0 spiro atoms. The van der Waals surface area contributed by atoms with Gasteiger partial charge in [-0.05, 0) is 31.5 Å². The van der Waals surface area contributed by atoms with Crippen LogP contribution in [0.4, 0.5) is 11.4 Å². The number of hydrogen-bond donors (Lipinski definition) is 1. The SMILES string of the molecule is Cc1ccc(NC(C)C(=O)N(C)C)cc1N(C)C. The Morgan fingerprint density at radius 2 is 1.83 bits per heavy atom. The highest BCUT2D eigenvalue weighted by molar-refractivity contribution is 5.84. The second-order valence-electron chi connectivity index (χ2n) is 4.99. The molecule has 0 bridgehead atoms.